The van der Waals surface area contributed by atoms with E-state index in [0.717, 1.165) is 31.1 Å². The summed E-state index contributed by atoms with van der Waals surface area (Å²) in [6.45, 7) is 7.16. The summed E-state index contributed by atoms with van der Waals surface area (Å²) in [6.07, 6.45) is 5.17. The molecule has 2 heterocycles. The molecule has 0 bridgehead atoms. The van der Waals surface area contributed by atoms with E-state index in [0.29, 0.717) is 0 Å². The summed E-state index contributed by atoms with van der Waals surface area (Å²) >= 11 is 1.68. The lowest BCUT2D eigenvalue weighted by Gasteiger charge is -2.24. The number of imidazole rings is 1. The molecule has 0 unspecified atom stereocenters. The molecule has 0 saturated heterocycles. The highest BCUT2D eigenvalue weighted by molar-refractivity contribution is 7.15. The first-order valence-corrected chi connectivity index (χ1v) is 7.09. The molecule has 5 heteroatoms. The van der Waals surface area contributed by atoms with Gasteiger partial charge in [-0.3, -0.25) is 4.40 Å². The Hall–Kier alpha value is -0.910. The summed E-state index contributed by atoms with van der Waals surface area (Å²) in [6, 6.07) is 0. The zero-order chi connectivity index (χ0) is 13.0. The molecule has 0 fully saturated rings. The summed E-state index contributed by atoms with van der Waals surface area (Å²) in [5, 5.41) is 5.48. The maximum absolute atomic E-state index is 5.03. The van der Waals surface area contributed by atoms with E-state index in [4.69, 9.17) is 4.74 Å². The van der Waals surface area contributed by atoms with Crippen molar-refractivity contribution in [1.82, 2.24) is 14.7 Å². The maximum atomic E-state index is 5.03. The van der Waals surface area contributed by atoms with E-state index in [-0.39, 0.29) is 5.41 Å². The van der Waals surface area contributed by atoms with Crippen LogP contribution in [0.1, 0.15) is 19.5 Å². The van der Waals surface area contributed by atoms with Gasteiger partial charge < -0.3 is 10.1 Å². The van der Waals surface area contributed by atoms with Gasteiger partial charge in [-0.25, -0.2) is 4.98 Å². The Bertz CT molecular complexity index is 461. The van der Waals surface area contributed by atoms with Gasteiger partial charge >= 0.3 is 0 Å². The van der Waals surface area contributed by atoms with E-state index in [2.05, 4.69) is 46.3 Å². The second-order valence-corrected chi connectivity index (χ2v) is 6.21. The fourth-order valence-electron chi connectivity index (χ4n) is 2.02. The lowest BCUT2D eigenvalue weighted by molar-refractivity contribution is 0.194. The molecule has 4 nitrogen and oxygen atoms in total. The number of thiazole rings is 1. The molecule has 0 saturated carbocycles. The van der Waals surface area contributed by atoms with Crippen molar-refractivity contribution < 1.29 is 4.74 Å². The quantitative estimate of drug-likeness (QED) is 0.782. The van der Waals surface area contributed by atoms with Crippen molar-refractivity contribution >= 4 is 16.3 Å². The predicted molar refractivity (Wildman–Crippen MR) is 75.3 cm³/mol. The average molecular weight is 267 g/mol. The number of hydrogen-bond acceptors (Lipinski definition) is 4. The number of fused-ring (bicyclic) bond motifs is 1. The molecule has 0 amide bonds. The first-order valence-electron chi connectivity index (χ1n) is 6.21. The number of hydrogen-bond donors (Lipinski definition) is 1. The van der Waals surface area contributed by atoms with Crippen LogP contribution in [0.3, 0.4) is 0 Å². The van der Waals surface area contributed by atoms with Crippen molar-refractivity contribution in [3.05, 3.63) is 23.5 Å². The number of ether oxygens (including phenoxy) is 1. The maximum Gasteiger partial charge on any atom is 0.193 e. The second kappa shape index (κ2) is 5.82. The normalized spacial score (nSPS) is 12.4. The van der Waals surface area contributed by atoms with Gasteiger partial charge in [-0.15, -0.1) is 11.3 Å². The molecule has 100 valence electrons. The van der Waals surface area contributed by atoms with Gasteiger partial charge in [0.15, 0.2) is 4.96 Å². The van der Waals surface area contributed by atoms with E-state index in [1.165, 1.54) is 5.69 Å². The Morgan fingerprint density at radius 3 is 3.06 bits per heavy atom. The Balaban J connectivity index is 1.88. The molecular formula is C13H21N3OS. The number of aromatic nitrogens is 2. The van der Waals surface area contributed by atoms with Crippen LogP contribution in [0.2, 0.25) is 0 Å². The molecule has 0 aliphatic carbocycles. The van der Waals surface area contributed by atoms with Gasteiger partial charge in [0.2, 0.25) is 0 Å². The smallest absolute Gasteiger partial charge is 0.193 e. The average Bonchev–Trinajstić information content (AvgIpc) is 2.84. The molecule has 0 atom stereocenters. The summed E-state index contributed by atoms with van der Waals surface area (Å²) in [5.41, 5.74) is 1.37. The fourth-order valence-corrected chi connectivity index (χ4v) is 2.73. The van der Waals surface area contributed by atoms with Crippen LogP contribution >= 0.6 is 11.3 Å². The van der Waals surface area contributed by atoms with Gasteiger partial charge in [0.1, 0.15) is 0 Å². The van der Waals surface area contributed by atoms with E-state index in [1.54, 1.807) is 18.4 Å². The molecule has 0 spiro atoms. The molecule has 0 aliphatic rings. The third kappa shape index (κ3) is 3.54. The van der Waals surface area contributed by atoms with Gasteiger partial charge in [0.25, 0.3) is 0 Å². The topological polar surface area (TPSA) is 38.6 Å². The van der Waals surface area contributed by atoms with E-state index < -0.39 is 0 Å². The first kappa shape index (κ1) is 13.5. The van der Waals surface area contributed by atoms with Crippen LogP contribution in [0.25, 0.3) is 4.96 Å². The Morgan fingerprint density at radius 1 is 1.50 bits per heavy atom. The van der Waals surface area contributed by atoms with Crippen LogP contribution in [-0.2, 0) is 11.2 Å². The largest absolute Gasteiger partial charge is 0.383 e. The minimum Gasteiger partial charge on any atom is -0.383 e. The third-order valence-electron chi connectivity index (χ3n) is 2.89. The summed E-state index contributed by atoms with van der Waals surface area (Å²) in [4.78, 5) is 5.71. The highest BCUT2D eigenvalue weighted by Crippen LogP contribution is 2.21. The van der Waals surface area contributed by atoms with Crippen molar-refractivity contribution in [2.45, 2.75) is 20.3 Å². The molecule has 0 radical (unpaired) electrons. The molecule has 18 heavy (non-hydrogen) atoms. The standard InChI is InChI=1S/C13H21N3OS/c1-13(2,10-14-4-6-17-3)8-11-9-16-5-7-18-12(16)15-11/h5,7,9,14H,4,6,8,10H2,1-3H3. The monoisotopic (exact) mass is 267 g/mol. The lowest BCUT2D eigenvalue weighted by Crippen LogP contribution is -2.33. The van der Waals surface area contributed by atoms with Crippen LogP contribution < -0.4 is 5.32 Å². The number of nitrogens with zero attached hydrogens (tertiary/aromatic N) is 2. The molecule has 1 N–H and O–H groups in total. The minimum atomic E-state index is 0.206. The second-order valence-electron chi connectivity index (χ2n) is 5.34. The summed E-state index contributed by atoms with van der Waals surface area (Å²) in [5.74, 6) is 0. The third-order valence-corrected chi connectivity index (χ3v) is 3.66. The van der Waals surface area contributed by atoms with E-state index in [1.807, 2.05) is 0 Å². The molecule has 0 aromatic carbocycles. The van der Waals surface area contributed by atoms with Crippen LogP contribution in [0, 0.1) is 5.41 Å². The van der Waals surface area contributed by atoms with Gasteiger partial charge in [0, 0.05) is 38.0 Å². The van der Waals surface area contributed by atoms with Crippen molar-refractivity contribution in [2.24, 2.45) is 5.41 Å². The van der Waals surface area contributed by atoms with Gasteiger partial charge in [-0.1, -0.05) is 13.8 Å². The van der Waals surface area contributed by atoms with Gasteiger partial charge in [-0.05, 0) is 11.8 Å². The Kier molecular flexibility index (Phi) is 4.37. The van der Waals surface area contributed by atoms with Crippen LogP contribution in [0.4, 0.5) is 0 Å². The van der Waals surface area contributed by atoms with Crippen molar-refractivity contribution in [2.75, 3.05) is 26.8 Å². The molecule has 2 rings (SSSR count). The van der Waals surface area contributed by atoms with E-state index in [9.17, 15) is 0 Å². The van der Waals surface area contributed by atoms with Crippen LogP contribution in [0.15, 0.2) is 17.8 Å². The zero-order valence-electron chi connectivity index (χ0n) is 11.3. The van der Waals surface area contributed by atoms with E-state index >= 15 is 0 Å². The fraction of sp³-hybridized carbons (Fsp3) is 0.615. The van der Waals surface area contributed by atoms with Crippen LogP contribution in [-0.4, -0.2) is 36.2 Å². The molecule has 2 aromatic heterocycles. The SMILES string of the molecule is COCCNCC(C)(C)Cc1cn2ccsc2n1. The Morgan fingerprint density at radius 2 is 2.33 bits per heavy atom. The van der Waals surface area contributed by atoms with Gasteiger partial charge in [0.05, 0.1) is 12.3 Å². The van der Waals surface area contributed by atoms with Crippen molar-refractivity contribution in [3.8, 4) is 0 Å². The summed E-state index contributed by atoms with van der Waals surface area (Å²) < 4.78 is 7.12. The lowest BCUT2D eigenvalue weighted by atomic mass is 9.88. The highest BCUT2D eigenvalue weighted by Gasteiger charge is 2.19. The molecule has 2 aromatic rings. The zero-order valence-corrected chi connectivity index (χ0v) is 12.1. The minimum absolute atomic E-state index is 0.206. The van der Waals surface area contributed by atoms with Gasteiger partial charge in [-0.2, -0.15) is 0 Å². The predicted octanol–water partition coefficient (Wildman–Crippen LogP) is 2.20. The Labute approximate surface area is 112 Å². The molecular weight excluding hydrogens is 246 g/mol. The molecule has 0 aliphatic heterocycles. The summed E-state index contributed by atoms with van der Waals surface area (Å²) in [7, 11) is 1.73. The van der Waals surface area contributed by atoms with Crippen molar-refractivity contribution in [3.63, 3.8) is 0 Å². The number of rotatable bonds is 7. The first-order chi connectivity index (χ1) is 8.61. The van der Waals surface area contributed by atoms with Crippen molar-refractivity contribution in [1.29, 1.82) is 0 Å². The number of methoxy groups -OCH3 is 1. The van der Waals surface area contributed by atoms with Crippen LogP contribution in [0.5, 0.6) is 0 Å². The highest BCUT2D eigenvalue weighted by atomic mass is 32.1. The number of nitrogens with one attached hydrogen (secondary N) is 1.